The molecule has 1 saturated heterocycles. The molecule has 1 aliphatic rings. The summed E-state index contributed by atoms with van der Waals surface area (Å²) in [5, 5.41) is 0.471. The van der Waals surface area contributed by atoms with Gasteiger partial charge < -0.3 is 10.6 Å². The van der Waals surface area contributed by atoms with Crippen LogP contribution in [0.5, 0.6) is 0 Å². The molecular formula is C14H17ClN4. The lowest BCUT2D eigenvalue weighted by molar-refractivity contribution is 0.462. The molecule has 100 valence electrons. The quantitative estimate of drug-likeness (QED) is 0.916. The van der Waals surface area contributed by atoms with Crippen LogP contribution in [0, 0.1) is 0 Å². The van der Waals surface area contributed by atoms with Crippen LogP contribution in [0.4, 0.5) is 5.82 Å². The molecule has 1 aromatic heterocycles. The van der Waals surface area contributed by atoms with Crippen molar-refractivity contribution in [3.05, 3.63) is 29.4 Å². The number of para-hydroxylation sites is 2. The molecule has 0 spiro atoms. The van der Waals surface area contributed by atoms with Crippen LogP contribution in [0.1, 0.15) is 19.3 Å². The molecule has 1 aromatic carbocycles. The molecule has 1 unspecified atom stereocenters. The van der Waals surface area contributed by atoms with Crippen molar-refractivity contribution in [3.8, 4) is 0 Å². The van der Waals surface area contributed by atoms with Gasteiger partial charge in [-0.3, -0.25) is 0 Å². The summed E-state index contributed by atoms with van der Waals surface area (Å²) in [6.07, 6.45) is 3.47. The van der Waals surface area contributed by atoms with Crippen LogP contribution in [-0.2, 0) is 0 Å². The molecule has 0 amide bonds. The summed E-state index contributed by atoms with van der Waals surface area (Å²) < 4.78 is 0. The minimum Gasteiger partial charge on any atom is -0.350 e. The highest BCUT2D eigenvalue weighted by Crippen LogP contribution is 2.29. The van der Waals surface area contributed by atoms with Crippen molar-refractivity contribution in [1.82, 2.24) is 9.97 Å². The summed E-state index contributed by atoms with van der Waals surface area (Å²) in [5.74, 6) is 0.774. The molecule has 0 radical (unpaired) electrons. The van der Waals surface area contributed by atoms with E-state index in [9.17, 15) is 0 Å². The number of halogens is 1. The first-order valence-electron chi connectivity index (χ1n) is 6.68. The average Bonchev–Trinajstić information content (AvgIpc) is 2.46. The lowest BCUT2D eigenvalue weighted by Gasteiger charge is -2.36. The van der Waals surface area contributed by atoms with Crippen molar-refractivity contribution >= 4 is 28.5 Å². The highest BCUT2D eigenvalue weighted by atomic mass is 35.5. The van der Waals surface area contributed by atoms with Crippen LogP contribution < -0.4 is 10.6 Å². The van der Waals surface area contributed by atoms with E-state index >= 15 is 0 Å². The zero-order chi connectivity index (χ0) is 13.2. The van der Waals surface area contributed by atoms with Crippen LogP contribution in [0.25, 0.3) is 11.0 Å². The smallest absolute Gasteiger partial charge is 0.172 e. The van der Waals surface area contributed by atoms with Crippen molar-refractivity contribution in [2.24, 2.45) is 5.73 Å². The summed E-state index contributed by atoms with van der Waals surface area (Å²) >= 11 is 6.30. The number of piperidine rings is 1. The fourth-order valence-electron chi connectivity index (χ4n) is 2.68. The number of nitrogens with two attached hydrogens (primary N) is 1. The molecule has 1 fully saturated rings. The van der Waals surface area contributed by atoms with E-state index in [2.05, 4.69) is 14.9 Å². The van der Waals surface area contributed by atoms with Gasteiger partial charge in [-0.25, -0.2) is 9.97 Å². The minimum atomic E-state index is 0.321. The maximum atomic E-state index is 6.30. The van der Waals surface area contributed by atoms with Crippen molar-refractivity contribution in [3.63, 3.8) is 0 Å². The highest BCUT2D eigenvalue weighted by molar-refractivity contribution is 6.32. The predicted octanol–water partition coefficient (Wildman–Crippen LogP) is 2.60. The monoisotopic (exact) mass is 276 g/mol. The van der Waals surface area contributed by atoms with Gasteiger partial charge in [-0.05, 0) is 31.4 Å². The molecule has 1 aliphatic heterocycles. The normalized spacial score (nSPS) is 19.9. The third-order valence-corrected chi connectivity index (χ3v) is 3.94. The Morgan fingerprint density at radius 1 is 1.21 bits per heavy atom. The third-order valence-electron chi connectivity index (χ3n) is 3.68. The lowest BCUT2D eigenvalue weighted by atomic mass is 10.0. The van der Waals surface area contributed by atoms with E-state index in [0.29, 0.717) is 17.7 Å². The van der Waals surface area contributed by atoms with Gasteiger partial charge >= 0.3 is 0 Å². The number of rotatable bonds is 2. The predicted molar refractivity (Wildman–Crippen MR) is 78.6 cm³/mol. The first kappa shape index (κ1) is 12.6. The summed E-state index contributed by atoms with van der Waals surface area (Å²) in [6.45, 7) is 1.58. The van der Waals surface area contributed by atoms with E-state index in [1.807, 2.05) is 24.3 Å². The second-order valence-corrected chi connectivity index (χ2v) is 5.26. The van der Waals surface area contributed by atoms with Crippen molar-refractivity contribution in [2.75, 3.05) is 18.0 Å². The van der Waals surface area contributed by atoms with Gasteiger partial charge in [-0.1, -0.05) is 23.7 Å². The summed E-state index contributed by atoms with van der Waals surface area (Å²) in [6, 6.07) is 8.11. The van der Waals surface area contributed by atoms with Crippen LogP contribution in [0.2, 0.25) is 5.15 Å². The van der Waals surface area contributed by atoms with Crippen LogP contribution in [0.3, 0.4) is 0 Å². The summed E-state index contributed by atoms with van der Waals surface area (Å²) in [4.78, 5) is 11.3. The first-order valence-corrected chi connectivity index (χ1v) is 7.06. The number of fused-ring (bicyclic) bond motifs is 1. The molecule has 1 atom stereocenters. The van der Waals surface area contributed by atoms with Crippen molar-refractivity contribution in [1.29, 1.82) is 0 Å². The van der Waals surface area contributed by atoms with E-state index in [1.165, 1.54) is 6.42 Å². The fourth-order valence-corrected chi connectivity index (χ4v) is 2.92. The van der Waals surface area contributed by atoms with Gasteiger partial charge in [0.25, 0.3) is 0 Å². The zero-order valence-corrected chi connectivity index (χ0v) is 11.5. The molecule has 0 aliphatic carbocycles. The van der Waals surface area contributed by atoms with Crippen molar-refractivity contribution < 1.29 is 0 Å². The van der Waals surface area contributed by atoms with Crippen LogP contribution >= 0.6 is 11.6 Å². The molecule has 5 heteroatoms. The van der Waals surface area contributed by atoms with E-state index in [4.69, 9.17) is 17.3 Å². The van der Waals surface area contributed by atoms with E-state index < -0.39 is 0 Å². The summed E-state index contributed by atoms with van der Waals surface area (Å²) in [5.41, 5.74) is 7.57. The Bertz CT molecular complexity index is 587. The van der Waals surface area contributed by atoms with E-state index in [1.54, 1.807) is 0 Å². The van der Waals surface area contributed by atoms with Gasteiger partial charge in [-0.2, -0.15) is 0 Å². The molecule has 4 nitrogen and oxygen atoms in total. The maximum absolute atomic E-state index is 6.30. The van der Waals surface area contributed by atoms with Gasteiger partial charge in [0, 0.05) is 19.1 Å². The van der Waals surface area contributed by atoms with Gasteiger partial charge in [0.1, 0.15) is 0 Å². The Kier molecular flexibility index (Phi) is 3.53. The van der Waals surface area contributed by atoms with Crippen molar-refractivity contribution in [2.45, 2.75) is 25.3 Å². The second-order valence-electron chi connectivity index (χ2n) is 4.91. The number of hydrogen-bond donors (Lipinski definition) is 1. The first-order chi connectivity index (χ1) is 9.29. The Labute approximate surface area is 117 Å². The van der Waals surface area contributed by atoms with E-state index in [-0.39, 0.29) is 0 Å². The third kappa shape index (κ3) is 2.38. The molecule has 2 heterocycles. The van der Waals surface area contributed by atoms with Gasteiger partial charge in [-0.15, -0.1) is 0 Å². The molecule has 0 bridgehead atoms. The van der Waals surface area contributed by atoms with Gasteiger partial charge in [0.05, 0.1) is 11.0 Å². The van der Waals surface area contributed by atoms with Crippen LogP contribution in [-0.4, -0.2) is 29.1 Å². The molecule has 2 N–H and O–H groups in total. The molecule has 3 rings (SSSR count). The molecular weight excluding hydrogens is 260 g/mol. The topological polar surface area (TPSA) is 55.0 Å². The lowest BCUT2D eigenvalue weighted by Crippen LogP contribution is -2.44. The average molecular weight is 277 g/mol. The largest absolute Gasteiger partial charge is 0.350 e. The molecule has 2 aromatic rings. The zero-order valence-electron chi connectivity index (χ0n) is 10.7. The van der Waals surface area contributed by atoms with Crippen LogP contribution in [0.15, 0.2) is 24.3 Å². The van der Waals surface area contributed by atoms with E-state index in [0.717, 1.165) is 36.2 Å². The number of hydrogen-bond acceptors (Lipinski definition) is 4. The Hall–Kier alpha value is -1.39. The maximum Gasteiger partial charge on any atom is 0.172 e. The Morgan fingerprint density at radius 3 is 2.68 bits per heavy atom. The Morgan fingerprint density at radius 2 is 1.95 bits per heavy atom. The fraction of sp³-hybridized carbons (Fsp3) is 0.429. The SMILES string of the molecule is NCC1CCCCN1c1nc2ccccc2nc1Cl. The second kappa shape index (κ2) is 5.31. The minimum absolute atomic E-state index is 0.321. The Balaban J connectivity index is 2.05. The van der Waals surface area contributed by atoms with Gasteiger partial charge in [0.2, 0.25) is 0 Å². The number of anilines is 1. The molecule has 19 heavy (non-hydrogen) atoms. The number of benzene rings is 1. The highest BCUT2D eigenvalue weighted by Gasteiger charge is 2.25. The molecule has 0 saturated carbocycles. The summed E-state index contributed by atoms with van der Waals surface area (Å²) in [7, 11) is 0. The standard InChI is InChI=1S/C14H17ClN4/c15-13-14(19-8-4-3-5-10(19)9-16)18-12-7-2-1-6-11(12)17-13/h1-2,6-7,10H,3-5,8-9,16H2. The van der Waals surface area contributed by atoms with Gasteiger partial charge in [0.15, 0.2) is 11.0 Å². The number of nitrogens with zero attached hydrogens (tertiary/aromatic N) is 3. The number of aromatic nitrogens is 2.